The van der Waals surface area contributed by atoms with Gasteiger partial charge in [-0.25, -0.2) is 0 Å². The number of hydrogen-bond donors (Lipinski definition) is 2. The number of carbonyl (C=O) groups excluding carboxylic acids is 2. The predicted octanol–water partition coefficient (Wildman–Crippen LogP) is 3.37. The third-order valence-electron chi connectivity index (χ3n) is 5.35. The largest absolute Gasteiger partial charge is 0.395 e. The van der Waals surface area contributed by atoms with Gasteiger partial charge in [0.1, 0.15) is 6.04 Å². The van der Waals surface area contributed by atoms with Gasteiger partial charge in [0.2, 0.25) is 11.8 Å². The molecule has 1 unspecified atom stereocenters. The molecule has 0 aliphatic heterocycles. The van der Waals surface area contributed by atoms with Crippen molar-refractivity contribution in [2.75, 3.05) is 13.2 Å². The van der Waals surface area contributed by atoms with Crippen LogP contribution < -0.4 is 5.32 Å². The lowest BCUT2D eigenvalue weighted by molar-refractivity contribution is -0.141. The van der Waals surface area contributed by atoms with E-state index in [2.05, 4.69) is 5.32 Å². The fourth-order valence-electron chi connectivity index (χ4n) is 3.67. The van der Waals surface area contributed by atoms with Gasteiger partial charge in [-0.15, -0.1) is 0 Å². The first-order valence-corrected chi connectivity index (χ1v) is 11.0. The van der Waals surface area contributed by atoms with Crippen LogP contribution >= 0.6 is 0 Å². The van der Waals surface area contributed by atoms with Crippen molar-refractivity contribution in [3.63, 3.8) is 0 Å². The first-order valence-electron chi connectivity index (χ1n) is 11.0. The van der Waals surface area contributed by atoms with Gasteiger partial charge in [0.05, 0.1) is 6.61 Å². The van der Waals surface area contributed by atoms with E-state index in [-0.39, 0.29) is 25.0 Å². The number of rotatable bonds is 11. The third-order valence-corrected chi connectivity index (χ3v) is 5.35. The van der Waals surface area contributed by atoms with Gasteiger partial charge in [0.25, 0.3) is 0 Å². The zero-order valence-corrected chi connectivity index (χ0v) is 18.2. The quantitative estimate of drug-likeness (QED) is 0.490. The molecular weight excluding hydrogens is 400 g/mol. The molecule has 5 heteroatoms. The Bertz CT molecular complexity index is 962. The van der Waals surface area contributed by atoms with E-state index in [1.165, 1.54) is 0 Å². The molecule has 32 heavy (non-hydrogen) atoms. The Morgan fingerprint density at radius 2 is 1.31 bits per heavy atom. The van der Waals surface area contributed by atoms with E-state index in [9.17, 15) is 14.7 Å². The summed E-state index contributed by atoms with van der Waals surface area (Å²) in [5, 5.41) is 11.9. The normalized spacial score (nSPS) is 11.5. The summed E-state index contributed by atoms with van der Waals surface area (Å²) in [5.41, 5.74) is 3.03. The minimum Gasteiger partial charge on any atom is -0.395 e. The van der Waals surface area contributed by atoms with Crippen molar-refractivity contribution in [2.24, 2.45) is 0 Å². The Kier molecular flexibility index (Phi) is 9.02. The molecule has 0 bridgehead atoms. The molecule has 5 nitrogen and oxygen atoms in total. The Morgan fingerprint density at radius 1 is 0.781 bits per heavy atom. The number of benzene rings is 3. The van der Waals surface area contributed by atoms with Crippen molar-refractivity contribution in [3.05, 3.63) is 108 Å². The van der Waals surface area contributed by atoms with E-state index in [4.69, 9.17) is 0 Å². The number of carbonyl (C=O) groups is 2. The molecule has 0 saturated carbocycles. The van der Waals surface area contributed by atoms with Crippen molar-refractivity contribution in [1.29, 1.82) is 0 Å². The zero-order valence-electron chi connectivity index (χ0n) is 18.2. The molecule has 2 N–H and O–H groups in total. The highest BCUT2D eigenvalue weighted by molar-refractivity contribution is 5.88. The Hall–Kier alpha value is -3.44. The molecule has 0 aliphatic carbocycles. The van der Waals surface area contributed by atoms with Crippen LogP contribution in [0, 0.1) is 0 Å². The Morgan fingerprint density at radius 3 is 1.88 bits per heavy atom. The molecule has 0 heterocycles. The van der Waals surface area contributed by atoms with E-state index in [1.807, 2.05) is 91.0 Å². The topological polar surface area (TPSA) is 69.6 Å². The van der Waals surface area contributed by atoms with Crippen LogP contribution in [-0.2, 0) is 29.0 Å². The second-order valence-electron chi connectivity index (χ2n) is 7.71. The third kappa shape index (κ3) is 7.06. The fourth-order valence-corrected chi connectivity index (χ4v) is 3.67. The minimum absolute atomic E-state index is 0.0715. The number of hydrogen-bond acceptors (Lipinski definition) is 3. The second-order valence-corrected chi connectivity index (χ2v) is 7.71. The molecule has 0 aromatic heterocycles. The zero-order chi connectivity index (χ0) is 22.6. The van der Waals surface area contributed by atoms with Crippen LogP contribution in [-0.4, -0.2) is 41.0 Å². The smallest absolute Gasteiger partial charge is 0.243 e. The van der Waals surface area contributed by atoms with Gasteiger partial charge in [-0.3, -0.25) is 9.59 Å². The van der Waals surface area contributed by atoms with Gasteiger partial charge < -0.3 is 15.3 Å². The standard InChI is InChI=1S/C27H30N2O3/c30-19-18-28-27(32)25(20-23-12-6-2-7-13-23)29(21-24-14-8-3-9-15-24)26(31)17-16-22-10-4-1-5-11-22/h1-15,25,30H,16-21H2,(H,28,32). The number of amides is 2. The highest BCUT2D eigenvalue weighted by Crippen LogP contribution is 2.17. The molecule has 0 fully saturated rings. The average Bonchev–Trinajstić information content (AvgIpc) is 2.85. The number of aliphatic hydroxyl groups excluding tert-OH is 1. The van der Waals surface area contributed by atoms with E-state index >= 15 is 0 Å². The fraction of sp³-hybridized carbons (Fsp3) is 0.259. The van der Waals surface area contributed by atoms with E-state index in [0.29, 0.717) is 25.8 Å². The summed E-state index contributed by atoms with van der Waals surface area (Å²) in [4.78, 5) is 28.2. The number of aryl methyl sites for hydroxylation is 1. The van der Waals surface area contributed by atoms with Gasteiger partial charge in [-0.1, -0.05) is 91.0 Å². The van der Waals surface area contributed by atoms with Crippen LogP contribution in [0.4, 0.5) is 0 Å². The number of nitrogens with one attached hydrogen (secondary N) is 1. The van der Waals surface area contributed by atoms with Gasteiger partial charge in [-0.2, -0.15) is 0 Å². The number of aliphatic hydroxyl groups is 1. The van der Waals surface area contributed by atoms with Gasteiger partial charge >= 0.3 is 0 Å². The molecule has 0 aliphatic rings. The van der Waals surface area contributed by atoms with Crippen LogP contribution in [0.2, 0.25) is 0 Å². The Balaban J connectivity index is 1.86. The highest BCUT2D eigenvalue weighted by atomic mass is 16.3. The first kappa shape index (κ1) is 23.2. The highest BCUT2D eigenvalue weighted by Gasteiger charge is 2.30. The summed E-state index contributed by atoms with van der Waals surface area (Å²) in [6, 6.07) is 28.6. The van der Waals surface area contributed by atoms with Crippen LogP contribution in [0.3, 0.4) is 0 Å². The summed E-state index contributed by atoms with van der Waals surface area (Å²) >= 11 is 0. The predicted molar refractivity (Wildman–Crippen MR) is 126 cm³/mol. The van der Waals surface area contributed by atoms with Crippen LogP contribution in [0.1, 0.15) is 23.1 Å². The van der Waals surface area contributed by atoms with Crippen LogP contribution in [0.5, 0.6) is 0 Å². The Labute approximate surface area is 189 Å². The summed E-state index contributed by atoms with van der Waals surface area (Å²) in [6.07, 6.45) is 1.33. The van der Waals surface area contributed by atoms with Crippen molar-refractivity contribution < 1.29 is 14.7 Å². The molecule has 3 aromatic carbocycles. The summed E-state index contributed by atoms with van der Waals surface area (Å²) in [5.74, 6) is -0.329. The van der Waals surface area contributed by atoms with Gasteiger partial charge in [0.15, 0.2) is 0 Å². The van der Waals surface area contributed by atoms with Gasteiger partial charge in [0, 0.05) is 25.9 Å². The van der Waals surface area contributed by atoms with Crippen molar-refractivity contribution in [3.8, 4) is 0 Å². The molecule has 1 atom stereocenters. The van der Waals surface area contributed by atoms with Crippen molar-refractivity contribution in [2.45, 2.75) is 31.8 Å². The maximum atomic E-state index is 13.4. The summed E-state index contributed by atoms with van der Waals surface area (Å²) < 4.78 is 0. The molecular formula is C27H30N2O3. The molecule has 166 valence electrons. The lowest BCUT2D eigenvalue weighted by Gasteiger charge is -2.31. The van der Waals surface area contributed by atoms with E-state index in [0.717, 1.165) is 16.7 Å². The second kappa shape index (κ2) is 12.4. The monoisotopic (exact) mass is 430 g/mol. The maximum absolute atomic E-state index is 13.4. The molecule has 0 saturated heterocycles. The molecule has 3 rings (SSSR count). The lowest BCUT2D eigenvalue weighted by atomic mass is 10.0. The van der Waals surface area contributed by atoms with Gasteiger partial charge in [-0.05, 0) is 23.1 Å². The van der Waals surface area contributed by atoms with E-state index in [1.54, 1.807) is 4.90 Å². The average molecular weight is 431 g/mol. The molecule has 0 spiro atoms. The first-order chi connectivity index (χ1) is 15.7. The minimum atomic E-state index is -0.674. The summed E-state index contributed by atoms with van der Waals surface area (Å²) in [7, 11) is 0. The molecule has 3 aromatic rings. The lowest BCUT2D eigenvalue weighted by Crippen LogP contribution is -2.51. The molecule has 0 radical (unpaired) electrons. The summed E-state index contributed by atoms with van der Waals surface area (Å²) in [6.45, 7) is 0.352. The number of nitrogens with zero attached hydrogens (tertiary/aromatic N) is 1. The van der Waals surface area contributed by atoms with Crippen molar-refractivity contribution in [1.82, 2.24) is 10.2 Å². The van der Waals surface area contributed by atoms with Crippen LogP contribution in [0.25, 0.3) is 0 Å². The van der Waals surface area contributed by atoms with Crippen LogP contribution in [0.15, 0.2) is 91.0 Å². The van der Waals surface area contributed by atoms with E-state index < -0.39 is 6.04 Å². The maximum Gasteiger partial charge on any atom is 0.243 e. The SMILES string of the molecule is O=C(NCCO)C(Cc1ccccc1)N(Cc1ccccc1)C(=O)CCc1ccccc1. The molecule has 2 amide bonds. The van der Waals surface area contributed by atoms with Crippen molar-refractivity contribution >= 4 is 11.8 Å².